The largest absolute Gasteiger partial charge is 0.466 e. The van der Waals surface area contributed by atoms with E-state index in [9.17, 15) is 14.9 Å². The van der Waals surface area contributed by atoms with Crippen molar-refractivity contribution >= 4 is 23.0 Å². The number of aromatic nitrogens is 1. The molecule has 0 bridgehead atoms. The van der Waals surface area contributed by atoms with Gasteiger partial charge in [-0.25, -0.2) is 4.79 Å². The number of hydrogen-bond donors (Lipinski definition) is 1. The van der Waals surface area contributed by atoms with Crippen molar-refractivity contribution in [3.63, 3.8) is 0 Å². The molecule has 0 spiro atoms. The van der Waals surface area contributed by atoms with E-state index < -0.39 is 5.60 Å². The van der Waals surface area contributed by atoms with Crippen molar-refractivity contribution in [3.05, 3.63) is 35.0 Å². The van der Waals surface area contributed by atoms with Crippen LogP contribution in [0.2, 0.25) is 0 Å². The molecule has 1 atom stereocenters. The van der Waals surface area contributed by atoms with Gasteiger partial charge in [-0.05, 0) is 71.1 Å². The van der Waals surface area contributed by atoms with Crippen LogP contribution in [0.5, 0.6) is 0 Å². The maximum Gasteiger partial charge on any atom is 0.410 e. The van der Waals surface area contributed by atoms with Crippen LogP contribution in [0.3, 0.4) is 0 Å². The number of esters is 1. The van der Waals surface area contributed by atoms with Crippen molar-refractivity contribution in [1.29, 1.82) is 5.26 Å². The highest BCUT2D eigenvalue weighted by Crippen LogP contribution is 2.29. The SMILES string of the molecule is CCOC(=O)Cc1c(CCC2CCCN2C(=O)OC(C)(C)C)[nH]c2cc(C#N)ccc12. The van der Waals surface area contributed by atoms with Gasteiger partial charge in [-0.3, -0.25) is 4.79 Å². The van der Waals surface area contributed by atoms with Crippen LogP contribution in [0.15, 0.2) is 18.2 Å². The van der Waals surface area contributed by atoms with Crippen LogP contribution in [-0.4, -0.2) is 46.7 Å². The van der Waals surface area contributed by atoms with Crippen molar-refractivity contribution in [2.75, 3.05) is 13.2 Å². The van der Waals surface area contributed by atoms with Gasteiger partial charge < -0.3 is 19.4 Å². The first-order valence-electron chi connectivity index (χ1n) is 10.9. The number of likely N-dealkylation sites (tertiary alicyclic amines) is 1. The Balaban J connectivity index is 1.80. The first kappa shape index (κ1) is 22.7. The monoisotopic (exact) mass is 425 g/mol. The van der Waals surface area contributed by atoms with Gasteiger partial charge in [-0.2, -0.15) is 5.26 Å². The molecule has 2 aromatic rings. The van der Waals surface area contributed by atoms with E-state index in [1.54, 1.807) is 19.1 Å². The topological polar surface area (TPSA) is 95.4 Å². The van der Waals surface area contributed by atoms with Gasteiger partial charge in [0.1, 0.15) is 5.60 Å². The molecular formula is C24H31N3O4. The number of carbonyl (C=O) groups excluding carboxylic acids is 2. The summed E-state index contributed by atoms with van der Waals surface area (Å²) in [6, 6.07) is 7.70. The molecule has 1 N–H and O–H groups in total. The highest BCUT2D eigenvalue weighted by molar-refractivity contribution is 5.89. The summed E-state index contributed by atoms with van der Waals surface area (Å²) in [5.41, 5.74) is 2.74. The smallest absolute Gasteiger partial charge is 0.410 e. The second-order valence-electron chi connectivity index (χ2n) is 8.94. The van der Waals surface area contributed by atoms with Crippen LogP contribution >= 0.6 is 0 Å². The zero-order valence-corrected chi connectivity index (χ0v) is 18.8. The Morgan fingerprint density at radius 2 is 2.10 bits per heavy atom. The predicted molar refractivity (Wildman–Crippen MR) is 118 cm³/mol. The molecule has 166 valence electrons. The Labute approximate surface area is 183 Å². The average molecular weight is 426 g/mol. The number of H-pyrrole nitrogens is 1. The Hall–Kier alpha value is -3.01. The number of hydrogen-bond acceptors (Lipinski definition) is 5. The lowest BCUT2D eigenvalue weighted by Crippen LogP contribution is -2.40. The fourth-order valence-electron chi connectivity index (χ4n) is 4.16. The molecule has 1 amide bonds. The van der Waals surface area contributed by atoms with Crippen LogP contribution in [0.1, 0.15) is 63.8 Å². The molecular weight excluding hydrogens is 394 g/mol. The number of fused-ring (bicyclic) bond motifs is 1. The number of ether oxygens (including phenoxy) is 2. The van der Waals surface area contributed by atoms with E-state index in [1.807, 2.05) is 31.7 Å². The molecule has 1 aliphatic heterocycles. The van der Waals surface area contributed by atoms with E-state index in [2.05, 4.69) is 11.1 Å². The third-order valence-electron chi connectivity index (χ3n) is 5.48. The van der Waals surface area contributed by atoms with Crippen molar-refractivity contribution in [2.45, 2.75) is 71.4 Å². The molecule has 0 saturated carbocycles. The number of nitrogens with one attached hydrogen (secondary N) is 1. The second kappa shape index (κ2) is 9.42. The molecule has 1 aromatic heterocycles. The Morgan fingerprint density at radius 1 is 1.32 bits per heavy atom. The van der Waals surface area contributed by atoms with Crippen molar-refractivity contribution in [1.82, 2.24) is 9.88 Å². The number of rotatable bonds is 6. The number of nitriles is 1. The maximum absolute atomic E-state index is 12.6. The summed E-state index contributed by atoms with van der Waals surface area (Å²) in [7, 11) is 0. The van der Waals surface area contributed by atoms with Gasteiger partial charge in [-0.1, -0.05) is 6.07 Å². The van der Waals surface area contributed by atoms with Crippen molar-refractivity contribution in [3.8, 4) is 6.07 Å². The molecule has 7 nitrogen and oxygen atoms in total. The Morgan fingerprint density at radius 3 is 2.77 bits per heavy atom. The summed E-state index contributed by atoms with van der Waals surface area (Å²) >= 11 is 0. The molecule has 1 aromatic carbocycles. The lowest BCUT2D eigenvalue weighted by atomic mass is 10.0. The third-order valence-corrected chi connectivity index (χ3v) is 5.48. The molecule has 31 heavy (non-hydrogen) atoms. The summed E-state index contributed by atoms with van der Waals surface area (Å²) in [6.45, 7) is 8.45. The normalized spacial score (nSPS) is 16.4. The van der Waals surface area contributed by atoms with E-state index in [1.165, 1.54) is 0 Å². The summed E-state index contributed by atoms with van der Waals surface area (Å²) < 4.78 is 10.7. The summed E-state index contributed by atoms with van der Waals surface area (Å²) in [5, 5.41) is 10.1. The van der Waals surface area contributed by atoms with Gasteiger partial charge >= 0.3 is 12.1 Å². The van der Waals surface area contributed by atoms with Crippen LogP contribution < -0.4 is 0 Å². The number of aryl methyl sites for hydroxylation is 1. The summed E-state index contributed by atoms with van der Waals surface area (Å²) in [4.78, 5) is 30.0. The first-order chi connectivity index (χ1) is 14.7. The zero-order valence-electron chi connectivity index (χ0n) is 18.8. The van der Waals surface area contributed by atoms with E-state index in [0.29, 0.717) is 25.1 Å². The minimum absolute atomic E-state index is 0.103. The van der Waals surface area contributed by atoms with E-state index in [-0.39, 0.29) is 24.5 Å². The van der Waals surface area contributed by atoms with Gasteiger partial charge in [-0.15, -0.1) is 0 Å². The quantitative estimate of drug-likeness (QED) is 0.689. The first-order valence-corrected chi connectivity index (χ1v) is 10.9. The average Bonchev–Trinajstić information content (AvgIpc) is 3.29. The third kappa shape index (κ3) is 5.57. The van der Waals surface area contributed by atoms with Crippen molar-refractivity contribution < 1.29 is 19.1 Å². The number of amides is 1. The standard InChI is InChI=1S/C24H31N3O4/c1-5-30-22(28)14-19-18-10-8-16(15-25)13-21(18)26-20(19)11-9-17-7-6-12-27(17)23(29)31-24(2,3)4/h8,10,13,17,26H,5-7,9,11-12,14H2,1-4H3. The molecule has 1 unspecified atom stereocenters. The lowest BCUT2D eigenvalue weighted by molar-refractivity contribution is -0.142. The fourth-order valence-corrected chi connectivity index (χ4v) is 4.16. The minimum Gasteiger partial charge on any atom is -0.466 e. The number of aromatic amines is 1. The molecule has 3 rings (SSSR count). The molecule has 7 heteroatoms. The van der Waals surface area contributed by atoms with Crippen molar-refractivity contribution in [2.24, 2.45) is 0 Å². The van der Waals surface area contributed by atoms with Gasteiger partial charge in [0.25, 0.3) is 0 Å². The lowest BCUT2D eigenvalue weighted by Gasteiger charge is -2.28. The number of benzene rings is 1. The van der Waals surface area contributed by atoms with Gasteiger partial charge in [0.05, 0.1) is 24.7 Å². The molecule has 2 heterocycles. The van der Waals surface area contributed by atoms with Crippen LogP contribution in [-0.2, 0) is 27.1 Å². The molecule has 1 saturated heterocycles. The fraction of sp³-hybridized carbons (Fsp3) is 0.542. The maximum atomic E-state index is 12.6. The highest BCUT2D eigenvalue weighted by Gasteiger charge is 2.32. The molecule has 1 aliphatic rings. The Kier molecular flexibility index (Phi) is 6.89. The molecule has 1 fully saturated rings. The summed E-state index contributed by atoms with van der Waals surface area (Å²) in [6.07, 6.45) is 3.26. The Bertz CT molecular complexity index is 997. The summed E-state index contributed by atoms with van der Waals surface area (Å²) in [5.74, 6) is -0.273. The second-order valence-corrected chi connectivity index (χ2v) is 8.94. The zero-order chi connectivity index (χ0) is 22.6. The number of nitrogens with zero attached hydrogens (tertiary/aromatic N) is 2. The molecule has 0 aliphatic carbocycles. The highest BCUT2D eigenvalue weighted by atomic mass is 16.6. The van der Waals surface area contributed by atoms with E-state index in [0.717, 1.165) is 41.4 Å². The van der Waals surface area contributed by atoms with Gasteiger partial charge in [0, 0.05) is 29.2 Å². The van der Waals surface area contributed by atoms with E-state index >= 15 is 0 Å². The van der Waals surface area contributed by atoms with Gasteiger partial charge in [0.15, 0.2) is 0 Å². The molecule has 0 radical (unpaired) electrons. The number of carbonyl (C=O) groups is 2. The van der Waals surface area contributed by atoms with Crippen LogP contribution in [0.4, 0.5) is 4.79 Å². The minimum atomic E-state index is -0.521. The van der Waals surface area contributed by atoms with Gasteiger partial charge in [0.2, 0.25) is 0 Å². The van der Waals surface area contributed by atoms with E-state index in [4.69, 9.17) is 9.47 Å². The van der Waals surface area contributed by atoms with Crippen LogP contribution in [0.25, 0.3) is 10.9 Å². The van der Waals surface area contributed by atoms with Crippen LogP contribution in [0, 0.1) is 11.3 Å². The predicted octanol–water partition coefficient (Wildman–Crippen LogP) is 4.48.